The van der Waals surface area contributed by atoms with Crippen LogP contribution >= 0.6 is 0 Å². The minimum Gasteiger partial charge on any atom is -0.471 e. The first-order chi connectivity index (χ1) is 16.2. The van der Waals surface area contributed by atoms with E-state index in [0.717, 1.165) is 11.1 Å². The number of hydrogen-bond donors (Lipinski definition) is 2. The lowest BCUT2D eigenvalue weighted by atomic mass is 10.1. The Bertz CT molecular complexity index is 1130. The van der Waals surface area contributed by atoms with Crippen molar-refractivity contribution in [3.63, 3.8) is 0 Å². The van der Waals surface area contributed by atoms with Crippen LogP contribution in [-0.4, -0.2) is 28.5 Å². The Balaban J connectivity index is 1.74. The minimum absolute atomic E-state index is 0.0135. The molecule has 3 aromatic rings. The Morgan fingerprint density at radius 1 is 0.882 bits per heavy atom. The van der Waals surface area contributed by atoms with Crippen molar-refractivity contribution in [3.8, 4) is 5.75 Å². The Morgan fingerprint density at radius 3 is 2.06 bits per heavy atom. The van der Waals surface area contributed by atoms with E-state index >= 15 is 0 Å². The number of carbonyl (C=O) groups is 2. The van der Waals surface area contributed by atoms with Crippen molar-refractivity contribution >= 4 is 17.5 Å². The second-order valence-electron chi connectivity index (χ2n) is 8.28. The fourth-order valence-electron chi connectivity index (χ4n) is 3.36. The van der Waals surface area contributed by atoms with Crippen LogP contribution in [0.5, 0.6) is 5.75 Å². The fourth-order valence-corrected chi connectivity index (χ4v) is 3.36. The van der Waals surface area contributed by atoms with Gasteiger partial charge in [-0.05, 0) is 31.0 Å². The van der Waals surface area contributed by atoms with E-state index in [-0.39, 0.29) is 23.8 Å². The highest BCUT2D eigenvalue weighted by atomic mass is 16.6. The van der Waals surface area contributed by atoms with Crippen molar-refractivity contribution in [2.24, 2.45) is 0 Å². The number of para-hydroxylation sites is 2. The van der Waals surface area contributed by atoms with Crippen LogP contribution in [0.3, 0.4) is 0 Å². The second kappa shape index (κ2) is 11.1. The summed E-state index contributed by atoms with van der Waals surface area (Å²) in [4.78, 5) is 36.6. The largest absolute Gasteiger partial charge is 0.471 e. The summed E-state index contributed by atoms with van der Waals surface area (Å²) < 4.78 is 5.74. The first kappa shape index (κ1) is 24.4. The highest BCUT2D eigenvalue weighted by molar-refractivity contribution is 5.86. The predicted molar refractivity (Wildman–Crippen MR) is 128 cm³/mol. The van der Waals surface area contributed by atoms with Crippen LogP contribution in [-0.2, 0) is 22.4 Å². The van der Waals surface area contributed by atoms with Gasteiger partial charge in [-0.15, -0.1) is 0 Å². The van der Waals surface area contributed by atoms with Crippen molar-refractivity contribution in [3.05, 3.63) is 106 Å². The lowest BCUT2D eigenvalue weighted by Crippen LogP contribution is -2.56. The number of nitro benzene ring substituents is 1. The van der Waals surface area contributed by atoms with E-state index in [0.29, 0.717) is 6.42 Å². The molecule has 0 aliphatic heterocycles. The smallest absolute Gasteiger partial charge is 0.310 e. The van der Waals surface area contributed by atoms with Gasteiger partial charge < -0.3 is 15.4 Å². The summed E-state index contributed by atoms with van der Waals surface area (Å²) in [5, 5.41) is 17.0. The molecule has 176 valence electrons. The van der Waals surface area contributed by atoms with Crippen LogP contribution in [0, 0.1) is 10.1 Å². The zero-order valence-electron chi connectivity index (χ0n) is 19.1. The molecule has 0 saturated heterocycles. The molecule has 8 nitrogen and oxygen atoms in total. The Hall–Kier alpha value is -4.20. The number of hydrogen-bond acceptors (Lipinski definition) is 5. The van der Waals surface area contributed by atoms with Gasteiger partial charge in [-0.2, -0.15) is 0 Å². The van der Waals surface area contributed by atoms with Gasteiger partial charge in [0.05, 0.1) is 11.3 Å². The van der Waals surface area contributed by atoms with E-state index in [9.17, 15) is 19.7 Å². The molecule has 1 unspecified atom stereocenters. The minimum atomic E-state index is -1.44. The molecule has 0 fully saturated rings. The van der Waals surface area contributed by atoms with Crippen molar-refractivity contribution in [1.82, 2.24) is 10.6 Å². The maximum Gasteiger partial charge on any atom is 0.310 e. The molecule has 0 bridgehead atoms. The summed E-state index contributed by atoms with van der Waals surface area (Å²) in [7, 11) is 0. The van der Waals surface area contributed by atoms with Gasteiger partial charge >= 0.3 is 5.69 Å². The molecule has 2 amide bonds. The first-order valence-electron chi connectivity index (χ1n) is 10.9. The van der Waals surface area contributed by atoms with Gasteiger partial charge in [-0.1, -0.05) is 72.8 Å². The number of amides is 2. The van der Waals surface area contributed by atoms with Crippen LogP contribution in [0.1, 0.15) is 25.0 Å². The standard InChI is InChI=1S/C26H27N3O5/c1-26(2,34-22-16-10-9-15-21(22)29(32)33)25(31)28-23(17-19-11-5-3-6-12-19)27-24(30)18-20-13-7-4-8-14-20/h3-16,23H,17-18H2,1-2H3,(H,27,30)(H,28,31). The van der Waals surface area contributed by atoms with E-state index in [1.165, 1.54) is 32.0 Å². The lowest BCUT2D eigenvalue weighted by molar-refractivity contribution is -0.386. The zero-order valence-corrected chi connectivity index (χ0v) is 19.1. The Morgan fingerprint density at radius 2 is 1.44 bits per heavy atom. The van der Waals surface area contributed by atoms with E-state index < -0.39 is 22.6 Å². The third-order valence-electron chi connectivity index (χ3n) is 5.10. The summed E-state index contributed by atoms with van der Waals surface area (Å²) in [5.41, 5.74) is 0.0982. The van der Waals surface area contributed by atoms with Gasteiger partial charge in [0, 0.05) is 12.5 Å². The lowest BCUT2D eigenvalue weighted by Gasteiger charge is -2.28. The van der Waals surface area contributed by atoms with Gasteiger partial charge in [0.1, 0.15) is 6.17 Å². The zero-order chi connectivity index (χ0) is 24.6. The molecule has 0 aliphatic carbocycles. The number of nitro groups is 1. The summed E-state index contributed by atoms with van der Waals surface area (Å²) >= 11 is 0. The van der Waals surface area contributed by atoms with E-state index in [4.69, 9.17) is 4.74 Å². The second-order valence-corrected chi connectivity index (χ2v) is 8.28. The Kier molecular flexibility index (Phi) is 7.97. The molecule has 0 saturated carbocycles. The van der Waals surface area contributed by atoms with E-state index in [1.807, 2.05) is 60.7 Å². The van der Waals surface area contributed by atoms with E-state index in [1.54, 1.807) is 6.07 Å². The van der Waals surface area contributed by atoms with Crippen molar-refractivity contribution in [1.29, 1.82) is 0 Å². The van der Waals surface area contributed by atoms with Crippen LogP contribution in [0.25, 0.3) is 0 Å². The van der Waals surface area contributed by atoms with Crippen LogP contribution in [0.4, 0.5) is 5.69 Å². The van der Waals surface area contributed by atoms with Crippen LogP contribution < -0.4 is 15.4 Å². The number of benzene rings is 3. The number of nitrogens with zero attached hydrogens (tertiary/aromatic N) is 1. The van der Waals surface area contributed by atoms with Gasteiger partial charge in [0.2, 0.25) is 5.91 Å². The number of ether oxygens (including phenoxy) is 1. The van der Waals surface area contributed by atoms with Crippen LogP contribution in [0.2, 0.25) is 0 Å². The number of carbonyl (C=O) groups excluding carboxylic acids is 2. The van der Waals surface area contributed by atoms with Crippen LogP contribution in [0.15, 0.2) is 84.9 Å². The molecule has 0 heterocycles. The highest BCUT2D eigenvalue weighted by Crippen LogP contribution is 2.29. The quantitative estimate of drug-likeness (QED) is 0.271. The molecular formula is C26H27N3O5. The molecule has 2 N–H and O–H groups in total. The van der Waals surface area contributed by atoms with Gasteiger partial charge in [-0.25, -0.2) is 0 Å². The molecule has 1 atom stereocenters. The molecule has 3 rings (SSSR count). The van der Waals surface area contributed by atoms with Crippen molar-refractivity contribution in [2.75, 3.05) is 0 Å². The molecule has 3 aromatic carbocycles. The molecule has 0 aromatic heterocycles. The molecule has 8 heteroatoms. The van der Waals surface area contributed by atoms with Gasteiger partial charge in [0.15, 0.2) is 11.4 Å². The van der Waals surface area contributed by atoms with E-state index in [2.05, 4.69) is 10.6 Å². The van der Waals surface area contributed by atoms with Crippen molar-refractivity contribution < 1.29 is 19.2 Å². The topological polar surface area (TPSA) is 111 Å². The highest BCUT2D eigenvalue weighted by Gasteiger charge is 2.34. The molecule has 0 spiro atoms. The first-order valence-corrected chi connectivity index (χ1v) is 10.9. The average molecular weight is 462 g/mol. The normalized spacial score (nSPS) is 11.8. The maximum atomic E-state index is 13.1. The molecule has 0 aliphatic rings. The Labute approximate surface area is 198 Å². The third-order valence-corrected chi connectivity index (χ3v) is 5.10. The summed E-state index contributed by atoms with van der Waals surface area (Å²) in [6, 6.07) is 24.6. The SMILES string of the molecule is CC(C)(Oc1ccccc1[N+](=O)[O-])C(=O)NC(Cc1ccccc1)NC(=O)Cc1ccccc1. The third kappa shape index (κ3) is 6.90. The maximum absolute atomic E-state index is 13.1. The monoisotopic (exact) mass is 461 g/mol. The predicted octanol–water partition coefficient (Wildman–Crippen LogP) is 3.80. The van der Waals surface area contributed by atoms with Gasteiger partial charge in [0.25, 0.3) is 5.91 Å². The molecule has 34 heavy (non-hydrogen) atoms. The summed E-state index contributed by atoms with van der Waals surface area (Å²) in [5.74, 6) is -0.781. The van der Waals surface area contributed by atoms with Gasteiger partial charge in [-0.3, -0.25) is 19.7 Å². The summed E-state index contributed by atoms with van der Waals surface area (Å²) in [6.45, 7) is 3.04. The molecule has 0 radical (unpaired) electrons. The average Bonchev–Trinajstić information content (AvgIpc) is 2.80. The number of rotatable bonds is 10. The van der Waals surface area contributed by atoms with Crippen molar-refractivity contribution in [2.45, 2.75) is 38.5 Å². The fraction of sp³-hybridized carbons (Fsp3) is 0.231. The molecular weight excluding hydrogens is 434 g/mol. The number of nitrogens with one attached hydrogen (secondary N) is 2. The summed E-state index contributed by atoms with van der Waals surface area (Å²) in [6.07, 6.45) is -0.188.